The third kappa shape index (κ3) is 2.49. The van der Waals surface area contributed by atoms with Crippen molar-refractivity contribution in [2.75, 3.05) is 13.2 Å². The van der Waals surface area contributed by atoms with Gasteiger partial charge in [-0.1, -0.05) is 0 Å². The van der Waals surface area contributed by atoms with E-state index in [1.165, 1.54) is 0 Å². The Bertz CT molecular complexity index is 394. The van der Waals surface area contributed by atoms with Gasteiger partial charge in [0.25, 0.3) is 0 Å². The summed E-state index contributed by atoms with van der Waals surface area (Å²) in [7, 11) is 0. The summed E-state index contributed by atoms with van der Waals surface area (Å²) >= 11 is 3.32. The van der Waals surface area contributed by atoms with Crippen molar-refractivity contribution in [2.45, 2.75) is 12.5 Å². The molecule has 1 aliphatic rings. The van der Waals surface area contributed by atoms with Gasteiger partial charge < -0.3 is 9.47 Å². The number of hydrogen-bond acceptors (Lipinski definition) is 3. The minimum atomic E-state index is 0.143. The van der Waals surface area contributed by atoms with E-state index in [0.29, 0.717) is 12.2 Å². The molecule has 1 aromatic rings. The molecule has 15 heavy (non-hydrogen) atoms. The molecule has 0 bridgehead atoms. The zero-order valence-corrected chi connectivity index (χ0v) is 9.66. The number of halogens is 1. The fourth-order valence-electron chi connectivity index (χ4n) is 1.46. The first-order valence-electron chi connectivity index (χ1n) is 4.73. The Morgan fingerprint density at radius 2 is 2.40 bits per heavy atom. The number of rotatable bonds is 2. The summed E-state index contributed by atoms with van der Waals surface area (Å²) in [6.45, 7) is 1.42. The van der Waals surface area contributed by atoms with Gasteiger partial charge in [0, 0.05) is 10.9 Å². The number of benzene rings is 1. The average molecular weight is 268 g/mol. The zero-order valence-electron chi connectivity index (χ0n) is 8.07. The van der Waals surface area contributed by atoms with Crippen LogP contribution in [0.15, 0.2) is 22.7 Å². The van der Waals surface area contributed by atoms with E-state index in [4.69, 9.17) is 14.7 Å². The van der Waals surface area contributed by atoms with Gasteiger partial charge in [0.2, 0.25) is 0 Å². The molecule has 0 saturated carbocycles. The molecule has 0 aromatic heterocycles. The number of nitrogens with zero attached hydrogens (tertiary/aromatic N) is 1. The average Bonchev–Trinajstić information content (AvgIpc) is 2.71. The largest absolute Gasteiger partial charge is 0.488 e. The molecule has 4 heteroatoms. The molecular formula is C11H10BrNO2. The fourth-order valence-corrected chi connectivity index (χ4v) is 1.90. The van der Waals surface area contributed by atoms with Crippen LogP contribution in [0.1, 0.15) is 12.0 Å². The van der Waals surface area contributed by atoms with Gasteiger partial charge in [-0.2, -0.15) is 5.26 Å². The summed E-state index contributed by atoms with van der Waals surface area (Å²) in [5, 5.41) is 8.75. The maximum atomic E-state index is 8.75. The van der Waals surface area contributed by atoms with Crippen LogP contribution in [0.4, 0.5) is 0 Å². The first-order chi connectivity index (χ1) is 7.29. The van der Waals surface area contributed by atoms with Crippen LogP contribution >= 0.6 is 15.9 Å². The number of hydrogen-bond donors (Lipinski definition) is 0. The predicted octanol–water partition coefficient (Wildman–Crippen LogP) is 2.49. The van der Waals surface area contributed by atoms with Crippen LogP contribution in [0.2, 0.25) is 0 Å². The lowest BCUT2D eigenvalue weighted by Gasteiger charge is -2.11. The van der Waals surface area contributed by atoms with E-state index in [9.17, 15) is 0 Å². The lowest BCUT2D eigenvalue weighted by molar-refractivity contribution is 0.141. The van der Waals surface area contributed by atoms with Crippen LogP contribution in [-0.4, -0.2) is 19.3 Å². The van der Waals surface area contributed by atoms with Crippen LogP contribution in [0.25, 0.3) is 0 Å². The molecular weight excluding hydrogens is 258 g/mol. The quantitative estimate of drug-likeness (QED) is 0.827. The van der Waals surface area contributed by atoms with Gasteiger partial charge in [-0.05, 0) is 34.1 Å². The smallest absolute Gasteiger partial charge is 0.124 e. The molecule has 1 fully saturated rings. The van der Waals surface area contributed by atoms with E-state index in [1.54, 1.807) is 6.07 Å². The SMILES string of the molecule is N#Cc1ccc(OC2CCOC2)cc1Br. The van der Waals surface area contributed by atoms with E-state index in [1.807, 2.05) is 12.1 Å². The summed E-state index contributed by atoms with van der Waals surface area (Å²) in [6.07, 6.45) is 1.07. The highest BCUT2D eigenvalue weighted by atomic mass is 79.9. The van der Waals surface area contributed by atoms with Gasteiger partial charge in [-0.3, -0.25) is 0 Å². The maximum Gasteiger partial charge on any atom is 0.124 e. The third-order valence-electron chi connectivity index (χ3n) is 2.25. The molecule has 1 heterocycles. The van der Waals surface area contributed by atoms with Crippen LogP contribution in [0, 0.1) is 11.3 Å². The van der Waals surface area contributed by atoms with E-state index in [2.05, 4.69) is 22.0 Å². The van der Waals surface area contributed by atoms with Gasteiger partial charge in [-0.15, -0.1) is 0 Å². The Kier molecular flexibility index (Phi) is 3.24. The van der Waals surface area contributed by atoms with Crippen LogP contribution in [-0.2, 0) is 4.74 Å². The highest BCUT2D eigenvalue weighted by Crippen LogP contribution is 2.24. The van der Waals surface area contributed by atoms with Gasteiger partial charge in [0.05, 0.1) is 18.8 Å². The molecule has 1 aromatic carbocycles. The fraction of sp³-hybridized carbons (Fsp3) is 0.364. The molecule has 1 unspecified atom stereocenters. The van der Waals surface area contributed by atoms with Gasteiger partial charge in [0.15, 0.2) is 0 Å². The van der Waals surface area contributed by atoms with E-state index < -0.39 is 0 Å². The molecule has 1 saturated heterocycles. The van der Waals surface area contributed by atoms with Crippen LogP contribution < -0.4 is 4.74 Å². The Balaban J connectivity index is 2.09. The van der Waals surface area contributed by atoms with Crippen molar-refractivity contribution in [1.29, 1.82) is 5.26 Å². The van der Waals surface area contributed by atoms with E-state index in [0.717, 1.165) is 23.2 Å². The van der Waals surface area contributed by atoms with E-state index >= 15 is 0 Å². The van der Waals surface area contributed by atoms with Crippen molar-refractivity contribution < 1.29 is 9.47 Å². The lowest BCUT2D eigenvalue weighted by atomic mass is 10.2. The lowest BCUT2D eigenvalue weighted by Crippen LogP contribution is -2.15. The molecule has 0 spiro atoms. The molecule has 0 aliphatic carbocycles. The highest BCUT2D eigenvalue weighted by molar-refractivity contribution is 9.10. The number of nitriles is 1. The van der Waals surface area contributed by atoms with Crippen molar-refractivity contribution in [3.05, 3.63) is 28.2 Å². The second kappa shape index (κ2) is 4.65. The standard InChI is InChI=1S/C11H10BrNO2/c12-11-5-9(2-1-8(11)6-13)15-10-3-4-14-7-10/h1-2,5,10H,3-4,7H2. The van der Waals surface area contributed by atoms with Crippen molar-refractivity contribution in [1.82, 2.24) is 0 Å². The van der Waals surface area contributed by atoms with Crippen LogP contribution in [0.3, 0.4) is 0 Å². The predicted molar refractivity (Wildman–Crippen MR) is 58.7 cm³/mol. The summed E-state index contributed by atoms with van der Waals surface area (Å²) < 4.78 is 11.7. The highest BCUT2D eigenvalue weighted by Gasteiger charge is 2.17. The first-order valence-corrected chi connectivity index (χ1v) is 5.53. The molecule has 78 valence electrons. The molecule has 1 aliphatic heterocycles. The third-order valence-corrected chi connectivity index (χ3v) is 2.91. The minimum Gasteiger partial charge on any atom is -0.488 e. The number of ether oxygens (including phenoxy) is 2. The van der Waals surface area contributed by atoms with Gasteiger partial charge in [-0.25, -0.2) is 0 Å². The Morgan fingerprint density at radius 3 is 3.00 bits per heavy atom. The molecule has 2 rings (SSSR count). The molecule has 0 radical (unpaired) electrons. The second-order valence-corrected chi connectivity index (χ2v) is 4.21. The van der Waals surface area contributed by atoms with Crippen LogP contribution in [0.5, 0.6) is 5.75 Å². The topological polar surface area (TPSA) is 42.2 Å². The van der Waals surface area contributed by atoms with Crippen molar-refractivity contribution in [3.8, 4) is 11.8 Å². The minimum absolute atomic E-state index is 0.143. The zero-order chi connectivity index (χ0) is 10.7. The van der Waals surface area contributed by atoms with Crippen molar-refractivity contribution >= 4 is 15.9 Å². The van der Waals surface area contributed by atoms with Crippen molar-refractivity contribution in [3.63, 3.8) is 0 Å². The molecule has 3 nitrogen and oxygen atoms in total. The summed E-state index contributed by atoms with van der Waals surface area (Å²) in [4.78, 5) is 0. The summed E-state index contributed by atoms with van der Waals surface area (Å²) in [5.74, 6) is 0.774. The Morgan fingerprint density at radius 1 is 1.53 bits per heavy atom. The Labute approximate surface area is 96.7 Å². The maximum absolute atomic E-state index is 8.75. The summed E-state index contributed by atoms with van der Waals surface area (Å²) in [5.41, 5.74) is 0.616. The summed E-state index contributed by atoms with van der Waals surface area (Å²) in [6, 6.07) is 7.46. The normalized spacial score (nSPS) is 19.9. The first kappa shape index (κ1) is 10.5. The second-order valence-electron chi connectivity index (χ2n) is 3.36. The monoisotopic (exact) mass is 267 g/mol. The molecule has 0 N–H and O–H groups in total. The van der Waals surface area contributed by atoms with Crippen molar-refractivity contribution in [2.24, 2.45) is 0 Å². The van der Waals surface area contributed by atoms with Gasteiger partial charge in [0.1, 0.15) is 17.9 Å². The Hall–Kier alpha value is -1.05. The van der Waals surface area contributed by atoms with E-state index in [-0.39, 0.29) is 6.10 Å². The van der Waals surface area contributed by atoms with Gasteiger partial charge >= 0.3 is 0 Å². The molecule has 0 amide bonds. The molecule has 1 atom stereocenters.